The van der Waals surface area contributed by atoms with Crippen LogP contribution in [0.4, 0.5) is 0 Å². The summed E-state index contributed by atoms with van der Waals surface area (Å²) in [4.78, 5) is 0. The molecule has 0 aliphatic rings. The molecule has 3 N–H and O–H groups in total. The third-order valence-corrected chi connectivity index (χ3v) is 2.31. The van der Waals surface area contributed by atoms with Crippen molar-refractivity contribution in [2.45, 2.75) is 26.3 Å². The van der Waals surface area contributed by atoms with Gasteiger partial charge in [0.2, 0.25) is 0 Å². The molecule has 0 heterocycles. The Kier molecular flexibility index (Phi) is 4.12. The van der Waals surface area contributed by atoms with E-state index in [4.69, 9.17) is 5.11 Å². The van der Waals surface area contributed by atoms with Crippen LogP contribution in [-0.4, -0.2) is 32.2 Å². The van der Waals surface area contributed by atoms with Crippen LogP contribution in [0.25, 0.3) is 0 Å². The second-order valence-electron chi connectivity index (χ2n) is 3.47. The number of nitrogens with one attached hydrogen (secondary N) is 2. The molecule has 12 heavy (non-hydrogen) atoms. The molecule has 0 rings (SSSR count). The molecular weight excluding hydrogens is 180 g/mol. The number of aliphatic hydroxyl groups excluding tert-OH is 1. The van der Waals surface area contributed by atoms with Crippen molar-refractivity contribution in [3.63, 3.8) is 0 Å². The van der Waals surface area contributed by atoms with Crippen molar-refractivity contribution in [1.82, 2.24) is 9.44 Å². The molecule has 0 atom stereocenters. The van der Waals surface area contributed by atoms with Gasteiger partial charge in [-0.05, 0) is 20.8 Å². The fourth-order valence-corrected chi connectivity index (χ4v) is 1.86. The fraction of sp³-hybridized carbons (Fsp3) is 1.00. The lowest BCUT2D eigenvalue weighted by molar-refractivity contribution is 0.300. The average molecular weight is 196 g/mol. The standard InChI is InChI=1S/C6H16N2O3S/c1-6(2,3)8-12(10,11)7-4-5-9/h7-9H,4-5H2,1-3H3. The minimum Gasteiger partial charge on any atom is -0.395 e. The molecule has 0 aromatic rings. The summed E-state index contributed by atoms with van der Waals surface area (Å²) >= 11 is 0. The van der Waals surface area contributed by atoms with Crippen molar-refractivity contribution >= 4 is 10.2 Å². The van der Waals surface area contributed by atoms with Crippen LogP contribution >= 0.6 is 0 Å². The smallest absolute Gasteiger partial charge is 0.277 e. The first-order valence-corrected chi connectivity index (χ1v) is 5.14. The molecule has 0 bridgehead atoms. The summed E-state index contributed by atoms with van der Waals surface area (Å²) in [6.45, 7) is 5.05. The van der Waals surface area contributed by atoms with E-state index in [1.54, 1.807) is 20.8 Å². The SMILES string of the molecule is CC(C)(C)NS(=O)(=O)NCCO. The molecule has 0 aliphatic heterocycles. The molecule has 0 aromatic carbocycles. The zero-order valence-corrected chi connectivity index (χ0v) is 8.40. The van der Waals surface area contributed by atoms with Crippen LogP contribution in [-0.2, 0) is 10.2 Å². The maximum absolute atomic E-state index is 11.1. The van der Waals surface area contributed by atoms with Gasteiger partial charge in [0.15, 0.2) is 0 Å². The van der Waals surface area contributed by atoms with Crippen LogP contribution in [0.1, 0.15) is 20.8 Å². The summed E-state index contributed by atoms with van der Waals surface area (Å²) in [5.41, 5.74) is -0.499. The Morgan fingerprint density at radius 3 is 2.17 bits per heavy atom. The molecule has 0 spiro atoms. The fourth-order valence-electron chi connectivity index (χ4n) is 0.619. The lowest BCUT2D eigenvalue weighted by atomic mass is 10.1. The maximum Gasteiger partial charge on any atom is 0.277 e. The minimum absolute atomic E-state index is 0.0331. The summed E-state index contributed by atoms with van der Waals surface area (Å²) in [5, 5.41) is 8.37. The van der Waals surface area contributed by atoms with E-state index in [1.807, 2.05) is 0 Å². The maximum atomic E-state index is 11.1. The van der Waals surface area contributed by atoms with Gasteiger partial charge in [-0.15, -0.1) is 0 Å². The molecule has 6 heteroatoms. The van der Waals surface area contributed by atoms with Crippen molar-refractivity contribution < 1.29 is 13.5 Å². The van der Waals surface area contributed by atoms with Crippen molar-refractivity contribution in [2.24, 2.45) is 0 Å². The Bertz CT molecular complexity index is 217. The van der Waals surface area contributed by atoms with E-state index in [2.05, 4.69) is 9.44 Å². The average Bonchev–Trinajstić information content (AvgIpc) is 1.78. The summed E-state index contributed by atoms with van der Waals surface area (Å²) < 4.78 is 26.7. The Balaban J connectivity index is 4.06. The van der Waals surface area contributed by atoms with Gasteiger partial charge in [-0.25, -0.2) is 0 Å². The van der Waals surface area contributed by atoms with E-state index in [0.29, 0.717) is 0 Å². The van der Waals surface area contributed by atoms with E-state index < -0.39 is 15.7 Å². The molecule has 0 saturated carbocycles. The molecule has 0 saturated heterocycles. The highest BCUT2D eigenvalue weighted by atomic mass is 32.2. The van der Waals surface area contributed by atoms with E-state index in [1.165, 1.54) is 0 Å². The van der Waals surface area contributed by atoms with Gasteiger partial charge in [0.05, 0.1) is 6.61 Å². The highest BCUT2D eigenvalue weighted by molar-refractivity contribution is 7.87. The van der Waals surface area contributed by atoms with Gasteiger partial charge < -0.3 is 5.11 Å². The minimum atomic E-state index is -3.46. The predicted octanol–water partition coefficient (Wildman–Crippen LogP) is -0.799. The zero-order chi connectivity index (χ0) is 9.83. The van der Waals surface area contributed by atoms with Gasteiger partial charge >= 0.3 is 0 Å². The molecule has 5 nitrogen and oxygen atoms in total. The lowest BCUT2D eigenvalue weighted by Gasteiger charge is -2.20. The van der Waals surface area contributed by atoms with Crippen LogP contribution in [0.5, 0.6) is 0 Å². The van der Waals surface area contributed by atoms with Crippen LogP contribution in [0.2, 0.25) is 0 Å². The first-order valence-electron chi connectivity index (χ1n) is 3.66. The normalized spacial score (nSPS) is 13.3. The van der Waals surface area contributed by atoms with Gasteiger partial charge in [-0.1, -0.05) is 0 Å². The van der Waals surface area contributed by atoms with Crippen molar-refractivity contribution in [3.8, 4) is 0 Å². The van der Waals surface area contributed by atoms with E-state index >= 15 is 0 Å². The summed E-state index contributed by atoms with van der Waals surface area (Å²) in [6, 6.07) is 0. The Morgan fingerprint density at radius 2 is 1.83 bits per heavy atom. The van der Waals surface area contributed by atoms with Crippen LogP contribution in [0.15, 0.2) is 0 Å². The summed E-state index contributed by atoms with van der Waals surface area (Å²) in [6.07, 6.45) is 0. The van der Waals surface area contributed by atoms with Gasteiger partial charge in [-0.3, -0.25) is 0 Å². The van der Waals surface area contributed by atoms with E-state index in [-0.39, 0.29) is 13.2 Å². The molecule has 0 aliphatic carbocycles. The van der Waals surface area contributed by atoms with Crippen LogP contribution < -0.4 is 9.44 Å². The number of hydrogen-bond acceptors (Lipinski definition) is 3. The highest BCUT2D eigenvalue weighted by Gasteiger charge is 2.18. The third kappa shape index (κ3) is 6.53. The third-order valence-electron chi connectivity index (χ3n) is 0.844. The Hall–Kier alpha value is -0.170. The topological polar surface area (TPSA) is 78.4 Å². The molecule has 0 radical (unpaired) electrons. The molecule has 74 valence electrons. The molecule has 0 amide bonds. The lowest BCUT2D eigenvalue weighted by Crippen LogP contribution is -2.47. The molecule has 0 fully saturated rings. The van der Waals surface area contributed by atoms with Crippen molar-refractivity contribution in [3.05, 3.63) is 0 Å². The largest absolute Gasteiger partial charge is 0.395 e. The van der Waals surface area contributed by atoms with Gasteiger partial charge in [0, 0.05) is 12.1 Å². The highest BCUT2D eigenvalue weighted by Crippen LogP contribution is 1.99. The van der Waals surface area contributed by atoms with E-state index in [0.717, 1.165) is 0 Å². The van der Waals surface area contributed by atoms with E-state index in [9.17, 15) is 8.42 Å². The number of aliphatic hydroxyl groups is 1. The monoisotopic (exact) mass is 196 g/mol. The molecule has 0 unspecified atom stereocenters. The first kappa shape index (κ1) is 11.8. The number of hydrogen-bond donors (Lipinski definition) is 3. The summed E-state index contributed by atoms with van der Waals surface area (Å²) in [5.74, 6) is 0. The van der Waals surface area contributed by atoms with Crippen molar-refractivity contribution in [1.29, 1.82) is 0 Å². The first-order chi connectivity index (χ1) is 5.27. The quantitative estimate of drug-likeness (QED) is 0.551. The number of rotatable bonds is 4. The Morgan fingerprint density at radius 1 is 1.33 bits per heavy atom. The van der Waals surface area contributed by atoms with Crippen LogP contribution in [0.3, 0.4) is 0 Å². The van der Waals surface area contributed by atoms with Crippen molar-refractivity contribution in [2.75, 3.05) is 13.2 Å². The summed E-state index contributed by atoms with van der Waals surface area (Å²) in [7, 11) is -3.46. The van der Waals surface area contributed by atoms with Crippen LogP contribution in [0, 0.1) is 0 Å². The molecular formula is C6H16N2O3S. The molecule has 0 aromatic heterocycles. The second kappa shape index (κ2) is 4.18. The van der Waals surface area contributed by atoms with Gasteiger partial charge in [0.25, 0.3) is 10.2 Å². The predicted molar refractivity (Wildman–Crippen MR) is 46.9 cm³/mol. The zero-order valence-electron chi connectivity index (χ0n) is 7.59. The van der Waals surface area contributed by atoms with Gasteiger partial charge in [0.1, 0.15) is 0 Å². The van der Waals surface area contributed by atoms with Gasteiger partial charge in [-0.2, -0.15) is 17.9 Å². The second-order valence-corrected chi connectivity index (χ2v) is 4.97. The Labute approximate surface area is 73.4 Å².